The fraction of sp³-hybridized carbons (Fsp3) is 0.294. The van der Waals surface area contributed by atoms with Crippen molar-refractivity contribution in [1.82, 2.24) is 9.88 Å². The number of carbonyl (C=O) groups is 1. The van der Waals surface area contributed by atoms with Crippen molar-refractivity contribution in [3.8, 4) is 5.75 Å². The van der Waals surface area contributed by atoms with Crippen LogP contribution in [0.3, 0.4) is 0 Å². The van der Waals surface area contributed by atoms with Crippen LogP contribution in [0, 0.1) is 0 Å². The van der Waals surface area contributed by atoms with Crippen molar-refractivity contribution in [2.24, 2.45) is 0 Å². The lowest BCUT2D eigenvalue weighted by molar-refractivity contribution is -0.133. The first-order valence-electron chi connectivity index (χ1n) is 7.44. The number of carbonyl (C=O) groups excluding carboxylic acids is 1. The molecule has 0 bridgehead atoms. The molecule has 0 spiro atoms. The predicted molar refractivity (Wildman–Crippen MR) is 85.0 cm³/mol. The first-order valence-corrected chi connectivity index (χ1v) is 7.44. The molecule has 2 aromatic rings. The number of pyridine rings is 1. The minimum Gasteiger partial charge on any atom is -0.484 e. The molecule has 22 heavy (non-hydrogen) atoms. The molecule has 0 unspecified atom stereocenters. The number of hydrogen-bond donors (Lipinski definition) is 0. The van der Waals surface area contributed by atoms with E-state index in [4.69, 9.17) is 4.74 Å². The molecule has 1 amide bonds. The fourth-order valence-corrected chi connectivity index (χ4v) is 2.48. The number of ether oxygens (including phenoxy) is 1. The van der Waals surface area contributed by atoms with Crippen LogP contribution in [0.15, 0.2) is 54.7 Å². The summed E-state index contributed by atoms with van der Waals surface area (Å²) in [6.07, 6.45) is 1.79. The van der Waals surface area contributed by atoms with Crippen LogP contribution in [0.1, 0.15) is 0 Å². The number of benzene rings is 1. The van der Waals surface area contributed by atoms with Crippen molar-refractivity contribution in [2.45, 2.75) is 0 Å². The first-order chi connectivity index (χ1) is 10.8. The van der Waals surface area contributed by atoms with Crippen molar-refractivity contribution >= 4 is 11.7 Å². The zero-order valence-electron chi connectivity index (χ0n) is 12.4. The normalized spacial score (nSPS) is 14.7. The molecule has 1 aliphatic heterocycles. The third kappa shape index (κ3) is 3.55. The van der Waals surface area contributed by atoms with E-state index in [0.29, 0.717) is 13.1 Å². The molecule has 1 aromatic carbocycles. The summed E-state index contributed by atoms with van der Waals surface area (Å²) in [7, 11) is 0. The number of amides is 1. The van der Waals surface area contributed by atoms with Gasteiger partial charge in [0.2, 0.25) is 0 Å². The molecule has 5 nitrogen and oxygen atoms in total. The average molecular weight is 297 g/mol. The second-order valence-electron chi connectivity index (χ2n) is 5.16. The van der Waals surface area contributed by atoms with Gasteiger partial charge in [-0.25, -0.2) is 4.98 Å². The number of anilines is 1. The van der Waals surface area contributed by atoms with Gasteiger partial charge in [0.1, 0.15) is 11.6 Å². The summed E-state index contributed by atoms with van der Waals surface area (Å²) >= 11 is 0. The van der Waals surface area contributed by atoms with Crippen LogP contribution in [0.2, 0.25) is 0 Å². The molecule has 0 saturated carbocycles. The van der Waals surface area contributed by atoms with Gasteiger partial charge in [-0.2, -0.15) is 0 Å². The van der Waals surface area contributed by atoms with E-state index < -0.39 is 0 Å². The number of nitrogens with zero attached hydrogens (tertiary/aromatic N) is 3. The van der Waals surface area contributed by atoms with Crippen LogP contribution < -0.4 is 9.64 Å². The summed E-state index contributed by atoms with van der Waals surface area (Å²) in [5, 5.41) is 0. The Bertz CT molecular complexity index is 596. The molecule has 1 aliphatic rings. The summed E-state index contributed by atoms with van der Waals surface area (Å²) < 4.78 is 5.52. The highest BCUT2D eigenvalue weighted by molar-refractivity contribution is 5.78. The number of hydrogen-bond acceptors (Lipinski definition) is 4. The summed E-state index contributed by atoms with van der Waals surface area (Å²) in [6.45, 7) is 3.09. The van der Waals surface area contributed by atoms with E-state index in [2.05, 4.69) is 9.88 Å². The highest BCUT2D eigenvalue weighted by Gasteiger charge is 2.21. The standard InChI is InChI=1S/C17H19N3O2/c21-17(14-22-15-6-2-1-3-7-15)20-12-10-19(11-13-20)16-8-4-5-9-18-16/h1-9H,10-14H2. The zero-order valence-corrected chi connectivity index (χ0v) is 12.4. The largest absolute Gasteiger partial charge is 0.484 e. The summed E-state index contributed by atoms with van der Waals surface area (Å²) in [4.78, 5) is 20.6. The first kappa shape index (κ1) is 14.4. The topological polar surface area (TPSA) is 45.7 Å². The Labute approximate surface area is 130 Å². The Kier molecular flexibility index (Phi) is 4.53. The van der Waals surface area contributed by atoms with Crippen molar-refractivity contribution in [2.75, 3.05) is 37.7 Å². The van der Waals surface area contributed by atoms with Crippen LogP contribution in [-0.2, 0) is 4.79 Å². The molecule has 3 rings (SSSR count). The summed E-state index contributed by atoms with van der Waals surface area (Å²) in [6, 6.07) is 15.3. The number of aromatic nitrogens is 1. The molecule has 5 heteroatoms. The van der Waals surface area contributed by atoms with Gasteiger partial charge in [-0.3, -0.25) is 4.79 Å². The van der Waals surface area contributed by atoms with E-state index in [1.807, 2.05) is 53.4 Å². The maximum atomic E-state index is 12.2. The van der Waals surface area contributed by atoms with E-state index in [0.717, 1.165) is 24.7 Å². The second kappa shape index (κ2) is 6.93. The maximum absolute atomic E-state index is 12.2. The molecule has 0 aliphatic carbocycles. The van der Waals surface area contributed by atoms with Gasteiger partial charge in [-0.15, -0.1) is 0 Å². The van der Waals surface area contributed by atoms with Gasteiger partial charge in [0, 0.05) is 32.4 Å². The fourth-order valence-electron chi connectivity index (χ4n) is 2.48. The van der Waals surface area contributed by atoms with Crippen LogP contribution in [0.5, 0.6) is 5.75 Å². The molecular weight excluding hydrogens is 278 g/mol. The second-order valence-corrected chi connectivity index (χ2v) is 5.16. The summed E-state index contributed by atoms with van der Waals surface area (Å²) in [5.41, 5.74) is 0. The third-order valence-electron chi connectivity index (χ3n) is 3.71. The Morgan fingerprint density at radius 3 is 2.41 bits per heavy atom. The Hall–Kier alpha value is -2.56. The Morgan fingerprint density at radius 2 is 1.73 bits per heavy atom. The monoisotopic (exact) mass is 297 g/mol. The van der Waals surface area contributed by atoms with E-state index in [1.165, 1.54) is 0 Å². The van der Waals surface area contributed by atoms with Gasteiger partial charge >= 0.3 is 0 Å². The molecule has 1 saturated heterocycles. The number of piperazine rings is 1. The molecular formula is C17H19N3O2. The minimum absolute atomic E-state index is 0.0320. The third-order valence-corrected chi connectivity index (χ3v) is 3.71. The van der Waals surface area contributed by atoms with E-state index in [9.17, 15) is 4.79 Å². The van der Waals surface area contributed by atoms with Crippen LogP contribution in [0.25, 0.3) is 0 Å². The minimum atomic E-state index is 0.0320. The van der Waals surface area contributed by atoms with Crippen molar-refractivity contribution in [3.05, 3.63) is 54.7 Å². The van der Waals surface area contributed by atoms with Crippen molar-refractivity contribution in [1.29, 1.82) is 0 Å². The number of para-hydroxylation sites is 1. The zero-order chi connectivity index (χ0) is 15.2. The van der Waals surface area contributed by atoms with E-state index in [-0.39, 0.29) is 12.5 Å². The molecule has 1 fully saturated rings. The maximum Gasteiger partial charge on any atom is 0.260 e. The Balaban J connectivity index is 1.48. The van der Waals surface area contributed by atoms with Crippen LogP contribution in [-0.4, -0.2) is 48.6 Å². The van der Waals surface area contributed by atoms with Gasteiger partial charge < -0.3 is 14.5 Å². The SMILES string of the molecule is O=C(COc1ccccc1)N1CCN(c2ccccn2)CC1. The van der Waals surface area contributed by atoms with Crippen LogP contribution >= 0.6 is 0 Å². The molecule has 1 aromatic heterocycles. The molecule has 0 radical (unpaired) electrons. The molecule has 114 valence electrons. The lowest BCUT2D eigenvalue weighted by Gasteiger charge is -2.35. The molecule has 0 atom stereocenters. The van der Waals surface area contributed by atoms with Gasteiger partial charge in [-0.05, 0) is 24.3 Å². The highest BCUT2D eigenvalue weighted by Crippen LogP contribution is 2.13. The smallest absolute Gasteiger partial charge is 0.260 e. The van der Waals surface area contributed by atoms with Gasteiger partial charge in [0.25, 0.3) is 5.91 Å². The summed E-state index contributed by atoms with van der Waals surface area (Å²) in [5.74, 6) is 1.72. The number of rotatable bonds is 4. The Morgan fingerprint density at radius 1 is 1.00 bits per heavy atom. The van der Waals surface area contributed by atoms with Gasteiger partial charge in [0.15, 0.2) is 6.61 Å². The molecule has 2 heterocycles. The lowest BCUT2D eigenvalue weighted by atomic mass is 10.3. The van der Waals surface area contributed by atoms with Crippen LogP contribution in [0.4, 0.5) is 5.82 Å². The van der Waals surface area contributed by atoms with E-state index in [1.54, 1.807) is 6.20 Å². The van der Waals surface area contributed by atoms with Crippen molar-refractivity contribution < 1.29 is 9.53 Å². The quantitative estimate of drug-likeness (QED) is 0.863. The molecule has 0 N–H and O–H groups in total. The van der Waals surface area contributed by atoms with Crippen molar-refractivity contribution in [3.63, 3.8) is 0 Å². The van der Waals surface area contributed by atoms with Gasteiger partial charge in [0.05, 0.1) is 0 Å². The highest BCUT2D eigenvalue weighted by atomic mass is 16.5. The lowest BCUT2D eigenvalue weighted by Crippen LogP contribution is -2.50. The van der Waals surface area contributed by atoms with Gasteiger partial charge in [-0.1, -0.05) is 24.3 Å². The predicted octanol–water partition coefficient (Wildman–Crippen LogP) is 1.81. The average Bonchev–Trinajstić information content (AvgIpc) is 2.61. The van der Waals surface area contributed by atoms with E-state index >= 15 is 0 Å².